The van der Waals surface area contributed by atoms with Gasteiger partial charge in [0.25, 0.3) is 0 Å². The molecule has 1 aromatic rings. The van der Waals surface area contributed by atoms with Crippen molar-refractivity contribution in [1.82, 2.24) is 9.97 Å². The van der Waals surface area contributed by atoms with Crippen LogP contribution in [0, 0.1) is 11.8 Å². The van der Waals surface area contributed by atoms with E-state index >= 15 is 0 Å². The molecule has 1 aromatic heterocycles. The number of hydrogen-bond acceptors (Lipinski definition) is 4. The van der Waals surface area contributed by atoms with Crippen LogP contribution in [0.2, 0.25) is 0 Å². The summed E-state index contributed by atoms with van der Waals surface area (Å²) in [6.45, 7) is 6.90. The van der Waals surface area contributed by atoms with E-state index in [1.807, 2.05) is 13.1 Å². The molecule has 0 saturated carbocycles. The molecule has 1 fully saturated rings. The first-order valence-electron chi connectivity index (χ1n) is 6.95. The van der Waals surface area contributed by atoms with Gasteiger partial charge in [-0.1, -0.05) is 13.8 Å². The summed E-state index contributed by atoms with van der Waals surface area (Å²) in [4.78, 5) is 11.0. The first kappa shape index (κ1) is 13.1. The van der Waals surface area contributed by atoms with E-state index in [4.69, 9.17) is 0 Å². The zero-order valence-corrected chi connectivity index (χ0v) is 11.7. The molecule has 2 rings (SSSR count). The van der Waals surface area contributed by atoms with E-state index in [2.05, 4.69) is 34.0 Å². The topological polar surface area (TPSA) is 41.0 Å². The highest BCUT2D eigenvalue weighted by molar-refractivity contribution is 5.48. The summed E-state index contributed by atoms with van der Waals surface area (Å²) in [6, 6.07) is 2.04. The number of aromatic nitrogens is 2. The lowest BCUT2D eigenvalue weighted by Gasteiger charge is -2.22. The molecule has 1 aliphatic rings. The highest BCUT2D eigenvalue weighted by Gasteiger charge is 2.20. The van der Waals surface area contributed by atoms with Gasteiger partial charge in [0.2, 0.25) is 0 Å². The SMILES string of the molecule is CNc1cc(N2CCCC(C(C)C)CC2)ncn1. The van der Waals surface area contributed by atoms with Crippen molar-refractivity contribution >= 4 is 11.6 Å². The molecule has 0 amide bonds. The van der Waals surface area contributed by atoms with Crippen molar-refractivity contribution in [2.45, 2.75) is 33.1 Å². The summed E-state index contributed by atoms with van der Waals surface area (Å²) in [6.07, 6.45) is 5.53. The standard InChI is InChI=1S/C14H24N4/c1-11(2)12-5-4-7-18(8-6-12)14-9-13(15-3)16-10-17-14/h9-12H,4-8H2,1-3H3,(H,15,16,17). The fraction of sp³-hybridized carbons (Fsp3) is 0.714. The van der Waals surface area contributed by atoms with Crippen molar-refractivity contribution in [2.24, 2.45) is 11.8 Å². The third-order valence-electron chi connectivity index (χ3n) is 3.95. The van der Waals surface area contributed by atoms with Gasteiger partial charge >= 0.3 is 0 Å². The molecule has 4 heteroatoms. The maximum atomic E-state index is 4.40. The maximum absolute atomic E-state index is 4.40. The molecule has 1 aliphatic heterocycles. The molecule has 0 aliphatic carbocycles. The van der Waals surface area contributed by atoms with E-state index in [0.29, 0.717) is 0 Å². The highest BCUT2D eigenvalue weighted by atomic mass is 15.2. The molecule has 1 unspecified atom stereocenters. The fourth-order valence-electron chi connectivity index (χ4n) is 2.67. The van der Waals surface area contributed by atoms with Crippen molar-refractivity contribution in [1.29, 1.82) is 0 Å². The van der Waals surface area contributed by atoms with E-state index in [0.717, 1.165) is 36.6 Å². The lowest BCUT2D eigenvalue weighted by molar-refractivity contribution is 0.351. The molecule has 0 spiro atoms. The van der Waals surface area contributed by atoms with Crippen LogP contribution in [0.15, 0.2) is 12.4 Å². The van der Waals surface area contributed by atoms with Crippen molar-refractivity contribution in [3.8, 4) is 0 Å². The van der Waals surface area contributed by atoms with Crippen molar-refractivity contribution in [3.05, 3.63) is 12.4 Å². The lowest BCUT2D eigenvalue weighted by atomic mass is 9.89. The van der Waals surface area contributed by atoms with E-state index in [1.54, 1.807) is 6.33 Å². The second kappa shape index (κ2) is 6.03. The molecule has 1 N–H and O–H groups in total. The van der Waals surface area contributed by atoms with Gasteiger partial charge in [0.15, 0.2) is 0 Å². The summed E-state index contributed by atoms with van der Waals surface area (Å²) < 4.78 is 0. The van der Waals surface area contributed by atoms with Gasteiger partial charge in [-0.3, -0.25) is 0 Å². The van der Waals surface area contributed by atoms with Crippen LogP contribution in [0.4, 0.5) is 11.6 Å². The van der Waals surface area contributed by atoms with E-state index in [9.17, 15) is 0 Å². The summed E-state index contributed by atoms with van der Waals surface area (Å²) in [5.41, 5.74) is 0. The summed E-state index contributed by atoms with van der Waals surface area (Å²) in [7, 11) is 1.89. The second-order valence-electron chi connectivity index (χ2n) is 5.43. The molecule has 0 aromatic carbocycles. The van der Waals surface area contributed by atoms with Crippen LogP contribution in [0.3, 0.4) is 0 Å². The van der Waals surface area contributed by atoms with Gasteiger partial charge in [0.1, 0.15) is 18.0 Å². The molecular weight excluding hydrogens is 224 g/mol. The monoisotopic (exact) mass is 248 g/mol. The number of nitrogens with zero attached hydrogens (tertiary/aromatic N) is 3. The smallest absolute Gasteiger partial charge is 0.134 e. The Morgan fingerprint density at radius 2 is 2.11 bits per heavy atom. The third kappa shape index (κ3) is 3.12. The molecule has 0 radical (unpaired) electrons. The Balaban J connectivity index is 2.04. The Morgan fingerprint density at radius 1 is 1.28 bits per heavy atom. The summed E-state index contributed by atoms with van der Waals surface area (Å²) >= 11 is 0. The number of nitrogens with one attached hydrogen (secondary N) is 1. The van der Waals surface area contributed by atoms with Gasteiger partial charge < -0.3 is 10.2 Å². The van der Waals surface area contributed by atoms with Crippen LogP contribution >= 0.6 is 0 Å². The molecule has 0 bridgehead atoms. The van der Waals surface area contributed by atoms with Crippen molar-refractivity contribution < 1.29 is 0 Å². The van der Waals surface area contributed by atoms with Crippen LogP contribution in [-0.4, -0.2) is 30.1 Å². The maximum Gasteiger partial charge on any atom is 0.134 e. The molecule has 100 valence electrons. The third-order valence-corrected chi connectivity index (χ3v) is 3.95. The molecular formula is C14H24N4. The Labute approximate surface area is 110 Å². The Kier molecular flexibility index (Phi) is 4.39. The normalized spacial score (nSPS) is 20.9. The van der Waals surface area contributed by atoms with Gasteiger partial charge in [-0.25, -0.2) is 9.97 Å². The van der Waals surface area contributed by atoms with Crippen LogP contribution in [0.5, 0.6) is 0 Å². The Morgan fingerprint density at radius 3 is 2.83 bits per heavy atom. The second-order valence-corrected chi connectivity index (χ2v) is 5.43. The fourth-order valence-corrected chi connectivity index (χ4v) is 2.67. The summed E-state index contributed by atoms with van der Waals surface area (Å²) in [5, 5.41) is 3.07. The summed E-state index contributed by atoms with van der Waals surface area (Å²) in [5.74, 6) is 3.60. The van der Waals surface area contributed by atoms with Crippen molar-refractivity contribution in [3.63, 3.8) is 0 Å². The highest BCUT2D eigenvalue weighted by Crippen LogP contribution is 2.26. The average molecular weight is 248 g/mol. The molecule has 4 nitrogen and oxygen atoms in total. The van der Waals surface area contributed by atoms with Gasteiger partial charge in [0.05, 0.1) is 0 Å². The quantitative estimate of drug-likeness (QED) is 0.893. The predicted molar refractivity (Wildman–Crippen MR) is 76.0 cm³/mol. The van der Waals surface area contributed by atoms with Crippen LogP contribution < -0.4 is 10.2 Å². The minimum absolute atomic E-state index is 0.795. The van der Waals surface area contributed by atoms with Gasteiger partial charge in [0, 0.05) is 26.2 Å². The average Bonchev–Trinajstić information content (AvgIpc) is 2.64. The van der Waals surface area contributed by atoms with E-state index in [1.165, 1.54) is 19.3 Å². The van der Waals surface area contributed by atoms with Gasteiger partial charge in [-0.05, 0) is 31.1 Å². The number of anilines is 2. The molecule has 18 heavy (non-hydrogen) atoms. The van der Waals surface area contributed by atoms with Crippen LogP contribution in [0.1, 0.15) is 33.1 Å². The zero-order chi connectivity index (χ0) is 13.0. The largest absolute Gasteiger partial charge is 0.373 e. The van der Waals surface area contributed by atoms with E-state index in [-0.39, 0.29) is 0 Å². The minimum atomic E-state index is 0.795. The van der Waals surface area contributed by atoms with Crippen LogP contribution in [0.25, 0.3) is 0 Å². The first-order chi connectivity index (χ1) is 8.70. The first-order valence-corrected chi connectivity index (χ1v) is 6.95. The molecule has 2 heterocycles. The van der Waals surface area contributed by atoms with Gasteiger partial charge in [-0.2, -0.15) is 0 Å². The predicted octanol–water partition coefficient (Wildman–Crippen LogP) is 2.78. The Hall–Kier alpha value is -1.32. The Bertz CT molecular complexity index is 378. The molecule has 1 atom stereocenters. The minimum Gasteiger partial charge on any atom is -0.373 e. The van der Waals surface area contributed by atoms with Crippen molar-refractivity contribution in [2.75, 3.05) is 30.4 Å². The molecule has 1 saturated heterocycles. The van der Waals surface area contributed by atoms with Gasteiger partial charge in [-0.15, -0.1) is 0 Å². The number of hydrogen-bond donors (Lipinski definition) is 1. The zero-order valence-electron chi connectivity index (χ0n) is 11.7. The van der Waals surface area contributed by atoms with E-state index < -0.39 is 0 Å². The number of rotatable bonds is 3. The lowest BCUT2D eigenvalue weighted by Crippen LogP contribution is -2.25. The van der Waals surface area contributed by atoms with Crippen LogP contribution in [-0.2, 0) is 0 Å².